The van der Waals surface area contributed by atoms with E-state index >= 15 is 0 Å². The van der Waals surface area contributed by atoms with Crippen molar-refractivity contribution in [1.82, 2.24) is 0 Å². The van der Waals surface area contributed by atoms with E-state index in [2.05, 4.69) is 76.3 Å². The number of rotatable bonds is 6. The van der Waals surface area contributed by atoms with Crippen LogP contribution in [-0.4, -0.2) is 16.2 Å². The summed E-state index contributed by atoms with van der Waals surface area (Å²) in [6.07, 6.45) is 6.21. The third-order valence-corrected chi connectivity index (χ3v) is 7.47. The molecule has 2 aliphatic heterocycles. The van der Waals surface area contributed by atoms with Gasteiger partial charge in [0.15, 0.2) is 0 Å². The highest BCUT2D eigenvalue weighted by atomic mass is 16.5. The molecule has 0 saturated heterocycles. The molecule has 3 atom stereocenters. The van der Waals surface area contributed by atoms with E-state index in [0.29, 0.717) is 0 Å². The van der Waals surface area contributed by atoms with Crippen LogP contribution in [0.3, 0.4) is 0 Å². The average molecular weight is 408 g/mol. The fourth-order valence-corrected chi connectivity index (χ4v) is 5.59. The van der Waals surface area contributed by atoms with Crippen LogP contribution in [0.2, 0.25) is 0 Å². The second-order valence-corrected chi connectivity index (χ2v) is 9.73. The van der Waals surface area contributed by atoms with Gasteiger partial charge in [-0.05, 0) is 56.4 Å². The van der Waals surface area contributed by atoms with Gasteiger partial charge in [-0.25, -0.2) is 0 Å². The smallest absolute Gasteiger partial charge is 0.128 e. The lowest BCUT2D eigenvalue weighted by atomic mass is 9.64. The van der Waals surface area contributed by atoms with Crippen molar-refractivity contribution in [2.24, 2.45) is 0 Å². The zero-order valence-corrected chi connectivity index (χ0v) is 19.2. The fraction of sp³-hybridized carbons (Fsp3) is 0.556. The largest absolute Gasteiger partial charge is 0.485 e. The van der Waals surface area contributed by atoms with Gasteiger partial charge in [0.25, 0.3) is 0 Å². The Balaban J connectivity index is 1.91. The summed E-state index contributed by atoms with van der Waals surface area (Å²) >= 11 is 0. The Morgan fingerprint density at radius 2 is 1.70 bits per heavy atom. The second kappa shape index (κ2) is 7.92. The molecule has 0 aromatic heterocycles. The fourth-order valence-electron chi connectivity index (χ4n) is 5.59. The Kier molecular flexibility index (Phi) is 5.61. The summed E-state index contributed by atoms with van der Waals surface area (Å²) in [4.78, 5) is 0. The Labute approximate surface area is 181 Å². The summed E-state index contributed by atoms with van der Waals surface area (Å²) < 4.78 is 6.57. The number of aliphatic hydroxyl groups is 1. The summed E-state index contributed by atoms with van der Waals surface area (Å²) in [5.41, 5.74) is 4.91. The van der Waals surface area contributed by atoms with Crippen LogP contribution in [0.5, 0.6) is 5.75 Å². The van der Waals surface area contributed by atoms with Crippen molar-refractivity contribution in [3.63, 3.8) is 0 Å². The van der Waals surface area contributed by atoms with Crippen LogP contribution >= 0.6 is 0 Å². The molecule has 1 unspecified atom stereocenters. The topological polar surface area (TPSA) is 41.5 Å². The number of unbranched alkanes of at least 4 members (excludes halogenated alkanes) is 2. The lowest BCUT2D eigenvalue weighted by Gasteiger charge is -2.53. The van der Waals surface area contributed by atoms with Crippen molar-refractivity contribution in [3.8, 4) is 16.9 Å². The number of anilines is 1. The number of hydrogen-bond donors (Lipinski definition) is 2. The van der Waals surface area contributed by atoms with Gasteiger partial charge in [-0.2, -0.15) is 0 Å². The van der Waals surface area contributed by atoms with Gasteiger partial charge in [-0.1, -0.05) is 64.3 Å². The predicted octanol–water partition coefficient (Wildman–Crippen LogP) is 7.21. The Bertz CT molecular complexity index is 919. The zero-order chi connectivity index (χ0) is 21.5. The monoisotopic (exact) mass is 407 g/mol. The van der Waals surface area contributed by atoms with Crippen LogP contribution in [0.1, 0.15) is 96.3 Å². The molecule has 0 spiro atoms. The van der Waals surface area contributed by atoms with Crippen molar-refractivity contribution in [3.05, 3.63) is 47.5 Å². The number of para-hydroxylation sites is 1. The van der Waals surface area contributed by atoms with Crippen molar-refractivity contribution >= 4 is 5.69 Å². The summed E-state index contributed by atoms with van der Waals surface area (Å²) in [5, 5.41) is 15.7. The standard InChI is InChI=1S/C27H37NO2/c1-6-8-13-23-25-20(19-12-10-11-14-22(19)30-23)15-16-21-24(25)18(3)27(29,17-9-7-2)26(4,5)28-21/h10-12,14-16,18,23,28-29H,6-9,13,17H2,1-5H3/t18?,23-,27+/m0/s1. The number of nitrogens with one attached hydrogen (secondary N) is 1. The van der Waals surface area contributed by atoms with Crippen LogP contribution in [-0.2, 0) is 0 Å². The Morgan fingerprint density at radius 1 is 0.967 bits per heavy atom. The molecule has 0 aliphatic carbocycles. The van der Waals surface area contributed by atoms with Gasteiger partial charge in [0.1, 0.15) is 11.9 Å². The van der Waals surface area contributed by atoms with E-state index in [-0.39, 0.29) is 12.0 Å². The lowest BCUT2D eigenvalue weighted by Crippen LogP contribution is -2.61. The molecule has 162 valence electrons. The Morgan fingerprint density at radius 3 is 2.43 bits per heavy atom. The molecule has 2 N–H and O–H groups in total. The van der Waals surface area contributed by atoms with Gasteiger partial charge in [0.2, 0.25) is 0 Å². The molecule has 0 amide bonds. The third kappa shape index (κ3) is 3.22. The van der Waals surface area contributed by atoms with Crippen LogP contribution < -0.4 is 10.1 Å². The highest BCUT2D eigenvalue weighted by Gasteiger charge is 2.52. The molecule has 30 heavy (non-hydrogen) atoms. The van der Waals surface area contributed by atoms with Crippen molar-refractivity contribution < 1.29 is 9.84 Å². The van der Waals surface area contributed by atoms with E-state index < -0.39 is 11.1 Å². The number of ether oxygens (including phenoxy) is 1. The zero-order valence-electron chi connectivity index (χ0n) is 19.2. The first-order valence-corrected chi connectivity index (χ1v) is 11.8. The molecule has 0 radical (unpaired) electrons. The summed E-state index contributed by atoms with van der Waals surface area (Å²) in [6, 6.07) is 12.8. The maximum absolute atomic E-state index is 12.0. The van der Waals surface area contributed by atoms with Crippen molar-refractivity contribution in [1.29, 1.82) is 0 Å². The summed E-state index contributed by atoms with van der Waals surface area (Å²) in [5.74, 6) is 1.01. The SMILES string of the molecule is CCCC[C@@H]1Oc2ccccc2-c2ccc3c(c21)C(C)[C@](O)(CCCC)C(C)(C)N3. The van der Waals surface area contributed by atoms with E-state index in [9.17, 15) is 5.11 Å². The van der Waals surface area contributed by atoms with E-state index in [1.807, 2.05) is 0 Å². The van der Waals surface area contributed by atoms with Gasteiger partial charge >= 0.3 is 0 Å². The second-order valence-electron chi connectivity index (χ2n) is 9.73. The van der Waals surface area contributed by atoms with Gasteiger partial charge in [0, 0.05) is 22.7 Å². The van der Waals surface area contributed by atoms with Crippen LogP contribution in [0.15, 0.2) is 36.4 Å². The van der Waals surface area contributed by atoms with E-state index in [1.165, 1.54) is 16.7 Å². The number of benzene rings is 2. The first-order valence-electron chi connectivity index (χ1n) is 11.8. The highest BCUT2D eigenvalue weighted by Crippen LogP contribution is 2.55. The van der Waals surface area contributed by atoms with Crippen molar-refractivity contribution in [2.45, 2.75) is 96.3 Å². The molecule has 4 rings (SSSR count). The minimum atomic E-state index is -0.808. The van der Waals surface area contributed by atoms with Gasteiger partial charge in [-0.3, -0.25) is 0 Å². The first kappa shape index (κ1) is 21.2. The molecule has 0 saturated carbocycles. The first-order chi connectivity index (χ1) is 14.3. The van der Waals surface area contributed by atoms with Crippen molar-refractivity contribution in [2.75, 3.05) is 5.32 Å². The third-order valence-electron chi connectivity index (χ3n) is 7.47. The summed E-state index contributed by atoms with van der Waals surface area (Å²) in [6.45, 7) is 10.9. The lowest BCUT2D eigenvalue weighted by molar-refractivity contribution is -0.0469. The van der Waals surface area contributed by atoms with E-state index in [0.717, 1.165) is 55.5 Å². The molecule has 2 aromatic carbocycles. The maximum Gasteiger partial charge on any atom is 0.128 e. The quantitative estimate of drug-likeness (QED) is 0.532. The number of hydrogen-bond acceptors (Lipinski definition) is 3. The normalized spacial score (nSPS) is 26.1. The molecule has 3 nitrogen and oxygen atoms in total. The van der Waals surface area contributed by atoms with Gasteiger partial charge < -0.3 is 15.2 Å². The molecule has 2 aromatic rings. The summed E-state index contributed by atoms with van der Waals surface area (Å²) in [7, 11) is 0. The van der Waals surface area contributed by atoms with E-state index in [4.69, 9.17) is 4.74 Å². The van der Waals surface area contributed by atoms with Crippen LogP contribution in [0, 0.1) is 0 Å². The molecule has 2 aliphatic rings. The maximum atomic E-state index is 12.0. The molecule has 2 heterocycles. The van der Waals surface area contributed by atoms with E-state index in [1.54, 1.807) is 0 Å². The Hall–Kier alpha value is -2.00. The minimum Gasteiger partial charge on any atom is -0.485 e. The predicted molar refractivity (Wildman–Crippen MR) is 125 cm³/mol. The molecule has 0 fully saturated rings. The molecular weight excluding hydrogens is 370 g/mol. The van der Waals surface area contributed by atoms with Crippen LogP contribution in [0.25, 0.3) is 11.1 Å². The molecule has 0 bridgehead atoms. The van der Waals surface area contributed by atoms with Gasteiger partial charge in [-0.15, -0.1) is 0 Å². The highest BCUT2D eigenvalue weighted by molar-refractivity contribution is 5.81. The van der Waals surface area contributed by atoms with Gasteiger partial charge in [0.05, 0.1) is 11.1 Å². The molecule has 3 heteroatoms. The molecular formula is C27H37NO2. The number of fused-ring (bicyclic) bond motifs is 5. The average Bonchev–Trinajstić information content (AvgIpc) is 2.73. The minimum absolute atomic E-state index is 0.0308. The van der Waals surface area contributed by atoms with Crippen LogP contribution in [0.4, 0.5) is 5.69 Å².